The summed E-state index contributed by atoms with van der Waals surface area (Å²) < 4.78 is 13.5. The molecule has 2 aromatic carbocycles. The summed E-state index contributed by atoms with van der Waals surface area (Å²) in [5.41, 5.74) is 7.85. The molecule has 0 heterocycles. The Morgan fingerprint density at radius 1 is 1.14 bits per heavy atom. The molecule has 0 saturated carbocycles. The molecule has 2 unspecified atom stereocenters. The number of halogens is 3. The molecule has 0 aromatic heterocycles. The molecule has 1 aliphatic carbocycles. The van der Waals surface area contributed by atoms with Gasteiger partial charge in [-0.25, -0.2) is 4.39 Å². The van der Waals surface area contributed by atoms with E-state index in [0.29, 0.717) is 18.0 Å². The third-order valence-electron chi connectivity index (χ3n) is 4.88. The molecule has 3 rings (SSSR count). The second kappa shape index (κ2) is 8.90. The average Bonchev–Trinajstić information content (AvgIpc) is 3.01. The lowest BCUT2D eigenvalue weighted by Crippen LogP contribution is -2.43. The van der Waals surface area contributed by atoms with Gasteiger partial charge in [-0.05, 0) is 61.2 Å². The standard InChI is InChI=1S/C20H20Cl2FN3O2/c21-15-5-1-3-12-13(4-2-8-24)18(10-14(12)15)26-20(28)19(27)25-11-6-7-16(22)17(23)9-11/h1,3,5-7,9,13,18H,2,4,8,10,24H2,(H,25,27)(H,26,28). The fourth-order valence-corrected chi connectivity index (χ4v) is 3.94. The summed E-state index contributed by atoms with van der Waals surface area (Å²) in [4.78, 5) is 24.6. The number of rotatable bonds is 5. The summed E-state index contributed by atoms with van der Waals surface area (Å²) in [6.45, 7) is 0.537. The van der Waals surface area contributed by atoms with Gasteiger partial charge in [-0.15, -0.1) is 0 Å². The number of amides is 2. The number of benzene rings is 2. The van der Waals surface area contributed by atoms with Crippen LogP contribution in [0.1, 0.15) is 29.9 Å². The molecule has 148 valence electrons. The molecule has 2 amide bonds. The number of nitrogens with two attached hydrogens (primary N) is 1. The van der Waals surface area contributed by atoms with Crippen LogP contribution in [0, 0.1) is 5.82 Å². The first-order valence-electron chi connectivity index (χ1n) is 8.95. The lowest BCUT2D eigenvalue weighted by molar-refractivity contribution is -0.136. The van der Waals surface area contributed by atoms with Crippen molar-refractivity contribution in [3.63, 3.8) is 0 Å². The van der Waals surface area contributed by atoms with Crippen LogP contribution in [0.25, 0.3) is 0 Å². The molecule has 0 saturated heterocycles. The highest BCUT2D eigenvalue weighted by Gasteiger charge is 2.35. The summed E-state index contributed by atoms with van der Waals surface area (Å²) in [5, 5.41) is 5.75. The van der Waals surface area contributed by atoms with E-state index < -0.39 is 17.6 Å². The van der Waals surface area contributed by atoms with E-state index in [1.54, 1.807) is 0 Å². The Kier molecular flexibility index (Phi) is 6.54. The quantitative estimate of drug-likeness (QED) is 0.641. The fraction of sp³-hybridized carbons (Fsp3) is 0.300. The minimum atomic E-state index is -0.874. The molecule has 0 spiro atoms. The van der Waals surface area contributed by atoms with Crippen molar-refractivity contribution >= 4 is 40.7 Å². The minimum Gasteiger partial charge on any atom is -0.344 e. The van der Waals surface area contributed by atoms with E-state index in [1.165, 1.54) is 12.1 Å². The number of anilines is 1. The molecule has 0 bridgehead atoms. The molecule has 0 radical (unpaired) electrons. The average molecular weight is 424 g/mol. The molecule has 0 fully saturated rings. The van der Waals surface area contributed by atoms with Crippen molar-refractivity contribution < 1.29 is 14.0 Å². The lowest BCUT2D eigenvalue weighted by Gasteiger charge is -2.21. The van der Waals surface area contributed by atoms with Crippen molar-refractivity contribution in [1.82, 2.24) is 5.32 Å². The number of hydrogen-bond acceptors (Lipinski definition) is 3. The Labute approximate surface area is 172 Å². The highest BCUT2D eigenvalue weighted by molar-refractivity contribution is 6.39. The number of hydrogen-bond donors (Lipinski definition) is 3. The van der Waals surface area contributed by atoms with E-state index in [-0.39, 0.29) is 22.7 Å². The maximum atomic E-state index is 13.5. The van der Waals surface area contributed by atoms with Gasteiger partial charge >= 0.3 is 11.8 Å². The van der Waals surface area contributed by atoms with Crippen LogP contribution < -0.4 is 16.4 Å². The van der Waals surface area contributed by atoms with E-state index in [2.05, 4.69) is 10.6 Å². The molecular weight excluding hydrogens is 404 g/mol. The van der Waals surface area contributed by atoms with Gasteiger partial charge in [-0.2, -0.15) is 0 Å². The van der Waals surface area contributed by atoms with E-state index in [1.807, 2.05) is 18.2 Å². The van der Waals surface area contributed by atoms with Crippen LogP contribution in [0.5, 0.6) is 0 Å². The Morgan fingerprint density at radius 3 is 2.64 bits per heavy atom. The van der Waals surface area contributed by atoms with Gasteiger partial charge in [-0.1, -0.05) is 35.3 Å². The lowest BCUT2D eigenvalue weighted by atomic mass is 9.93. The Balaban J connectivity index is 1.70. The van der Waals surface area contributed by atoms with Crippen molar-refractivity contribution in [2.24, 2.45) is 5.73 Å². The van der Waals surface area contributed by atoms with Crippen molar-refractivity contribution in [2.45, 2.75) is 31.2 Å². The predicted octanol–water partition coefficient (Wildman–Crippen LogP) is 3.63. The normalized spacial score (nSPS) is 17.9. The summed E-state index contributed by atoms with van der Waals surface area (Å²) >= 11 is 11.9. The first kappa shape index (κ1) is 20.6. The van der Waals surface area contributed by atoms with Gasteiger partial charge in [-0.3, -0.25) is 9.59 Å². The summed E-state index contributed by atoms with van der Waals surface area (Å²) in [6.07, 6.45) is 2.11. The Hall–Kier alpha value is -2.15. The van der Waals surface area contributed by atoms with Crippen molar-refractivity contribution in [1.29, 1.82) is 0 Å². The molecule has 8 heteroatoms. The third-order valence-corrected chi connectivity index (χ3v) is 5.54. The van der Waals surface area contributed by atoms with Gasteiger partial charge in [0, 0.05) is 22.7 Å². The number of carbonyl (C=O) groups excluding carboxylic acids is 2. The van der Waals surface area contributed by atoms with Crippen molar-refractivity contribution in [3.8, 4) is 0 Å². The predicted molar refractivity (Wildman–Crippen MR) is 108 cm³/mol. The summed E-state index contributed by atoms with van der Waals surface area (Å²) in [7, 11) is 0. The largest absolute Gasteiger partial charge is 0.344 e. The minimum absolute atomic E-state index is 0.0296. The van der Waals surface area contributed by atoms with Crippen LogP contribution in [-0.4, -0.2) is 24.4 Å². The van der Waals surface area contributed by atoms with E-state index >= 15 is 0 Å². The molecule has 2 atom stereocenters. The summed E-state index contributed by atoms with van der Waals surface area (Å²) in [5.74, 6) is -2.31. The topological polar surface area (TPSA) is 84.2 Å². The molecule has 2 aromatic rings. The molecule has 1 aliphatic rings. The molecule has 4 N–H and O–H groups in total. The maximum Gasteiger partial charge on any atom is 0.313 e. The SMILES string of the molecule is NCCCC1c2cccc(Cl)c2CC1NC(=O)C(=O)Nc1ccc(Cl)c(F)c1. The highest BCUT2D eigenvalue weighted by Crippen LogP contribution is 2.39. The van der Waals surface area contributed by atoms with E-state index in [0.717, 1.165) is 30.0 Å². The van der Waals surface area contributed by atoms with Crippen LogP contribution in [-0.2, 0) is 16.0 Å². The van der Waals surface area contributed by atoms with Crippen LogP contribution >= 0.6 is 23.2 Å². The van der Waals surface area contributed by atoms with Crippen molar-refractivity contribution in [3.05, 3.63) is 63.4 Å². The Morgan fingerprint density at radius 2 is 1.93 bits per heavy atom. The molecular formula is C20H20Cl2FN3O2. The zero-order valence-corrected chi connectivity index (χ0v) is 16.5. The maximum absolute atomic E-state index is 13.5. The van der Waals surface area contributed by atoms with E-state index in [9.17, 15) is 14.0 Å². The first-order chi connectivity index (χ1) is 13.4. The molecule has 0 aliphatic heterocycles. The molecule has 5 nitrogen and oxygen atoms in total. The van der Waals surface area contributed by atoms with E-state index in [4.69, 9.17) is 28.9 Å². The second-order valence-electron chi connectivity index (χ2n) is 6.71. The van der Waals surface area contributed by atoms with Crippen LogP contribution in [0.15, 0.2) is 36.4 Å². The monoisotopic (exact) mass is 423 g/mol. The smallest absolute Gasteiger partial charge is 0.313 e. The molecule has 28 heavy (non-hydrogen) atoms. The second-order valence-corrected chi connectivity index (χ2v) is 7.53. The van der Waals surface area contributed by atoms with Crippen LogP contribution in [0.3, 0.4) is 0 Å². The van der Waals surface area contributed by atoms with Gasteiger partial charge in [0.05, 0.1) is 5.02 Å². The van der Waals surface area contributed by atoms with Gasteiger partial charge in [0.25, 0.3) is 0 Å². The number of nitrogens with one attached hydrogen (secondary N) is 2. The van der Waals surface area contributed by atoms with Gasteiger partial charge in [0.2, 0.25) is 0 Å². The zero-order valence-electron chi connectivity index (χ0n) is 15.0. The number of fused-ring (bicyclic) bond motifs is 1. The van der Waals surface area contributed by atoms with Crippen molar-refractivity contribution in [2.75, 3.05) is 11.9 Å². The fourth-order valence-electron chi connectivity index (χ4n) is 3.56. The van der Waals surface area contributed by atoms with Crippen LogP contribution in [0.2, 0.25) is 10.0 Å². The number of carbonyl (C=O) groups is 2. The van der Waals surface area contributed by atoms with Gasteiger partial charge in [0.15, 0.2) is 0 Å². The van der Waals surface area contributed by atoms with Gasteiger partial charge in [0.1, 0.15) is 5.82 Å². The van der Waals surface area contributed by atoms with Crippen LogP contribution in [0.4, 0.5) is 10.1 Å². The van der Waals surface area contributed by atoms with Gasteiger partial charge < -0.3 is 16.4 Å². The Bertz CT molecular complexity index is 907. The first-order valence-corrected chi connectivity index (χ1v) is 9.70. The zero-order chi connectivity index (χ0) is 20.3. The third kappa shape index (κ3) is 4.46. The highest BCUT2D eigenvalue weighted by atomic mass is 35.5. The summed E-state index contributed by atoms with van der Waals surface area (Å²) in [6, 6.07) is 9.21.